The summed E-state index contributed by atoms with van der Waals surface area (Å²) in [5.74, 6) is -0.406. The van der Waals surface area contributed by atoms with Gasteiger partial charge in [0, 0.05) is 26.7 Å². The minimum Gasteiger partial charge on any atom is -0.348 e. The lowest BCUT2D eigenvalue weighted by Gasteiger charge is -2.19. The lowest BCUT2D eigenvalue weighted by molar-refractivity contribution is -0.127. The predicted molar refractivity (Wildman–Crippen MR) is 73.4 cm³/mol. The Morgan fingerprint density at radius 1 is 1.50 bits per heavy atom. The van der Waals surface area contributed by atoms with Gasteiger partial charge >= 0.3 is 0 Å². The van der Waals surface area contributed by atoms with Crippen LogP contribution in [-0.2, 0) is 14.8 Å². The highest BCUT2D eigenvalue weighted by atomic mass is 35.5. The average molecular weight is 300 g/mol. The molecule has 1 amide bonds. The Balaban J connectivity index is 0.00000289. The van der Waals surface area contributed by atoms with Crippen molar-refractivity contribution in [3.8, 4) is 0 Å². The molecular formula is C10H22ClN3O3S. The van der Waals surface area contributed by atoms with Crippen LogP contribution in [0.5, 0.6) is 0 Å². The van der Waals surface area contributed by atoms with E-state index in [1.54, 1.807) is 14.1 Å². The van der Waals surface area contributed by atoms with Crippen LogP contribution in [-0.4, -0.2) is 57.7 Å². The highest BCUT2D eigenvalue weighted by Gasteiger charge is 2.29. The van der Waals surface area contributed by atoms with Crippen molar-refractivity contribution < 1.29 is 13.2 Å². The number of nitrogens with one attached hydrogen (secondary N) is 2. The summed E-state index contributed by atoms with van der Waals surface area (Å²) in [5, 5.41) is 2.16. The van der Waals surface area contributed by atoms with Crippen molar-refractivity contribution in [3.05, 3.63) is 0 Å². The Morgan fingerprint density at radius 2 is 2.11 bits per heavy atom. The van der Waals surface area contributed by atoms with Crippen molar-refractivity contribution in [2.24, 2.45) is 0 Å². The molecule has 1 fully saturated rings. The number of rotatable bonds is 5. The minimum absolute atomic E-state index is 0. The highest BCUT2D eigenvalue weighted by Crippen LogP contribution is 2.06. The molecule has 0 aromatic carbocycles. The zero-order valence-electron chi connectivity index (χ0n) is 11.0. The molecular weight excluding hydrogens is 278 g/mol. The predicted octanol–water partition coefficient (Wildman–Crippen LogP) is -0.444. The van der Waals surface area contributed by atoms with Gasteiger partial charge in [-0.15, -0.1) is 12.4 Å². The third-order valence-electron chi connectivity index (χ3n) is 2.95. The van der Waals surface area contributed by atoms with Crippen molar-refractivity contribution in [3.63, 3.8) is 0 Å². The van der Waals surface area contributed by atoms with E-state index in [9.17, 15) is 13.2 Å². The molecule has 0 aromatic heterocycles. The summed E-state index contributed by atoms with van der Waals surface area (Å²) in [6.07, 6.45) is 2.04. The van der Waals surface area contributed by atoms with Crippen molar-refractivity contribution in [2.75, 3.05) is 27.2 Å². The van der Waals surface area contributed by atoms with Gasteiger partial charge < -0.3 is 10.2 Å². The largest absolute Gasteiger partial charge is 0.348 e. The SMILES string of the molecule is CC(C(=O)N(C)C)S(=O)(=O)NCC1CCCN1.Cl. The molecule has 1 rings (SSSR count). The van der Waals surface area contributed by atoms with Gasteiger partial charge in [-0.05, 0) is 26.3 Å². The van der Waals surface area contributed by atoms with Gasteiger partial charge in [-0.2, -0.15) is 0 Å². The molecule has 1 aliphatic rings. The van der Waals surface area contributed by atoms with Gasteiger partial charge in [0.15, 0.2) is 5.25 Å². The molecule has 0 aromatic rings. The fraction of sp³-hybridized carbons (Fsp3) is 0.900. The van der Waals surface area contributed by atoms with Gasteiger partial charge in [-0.1, -0.05) is 0 Å². The summed E-state index contributed by atoms with van der Waals surface area (Å²) >= 11 is 0. The van der Waals surface area contributed by atoms with Gasteiger partial charge in [-0.3, -0.25) is 4.79 Å². The quantitative estimate of drug-likeness (QED) is 0.721. The van der Waals surface area contributed by atoms with E-state index in [1.807, 2.05) is 0 Å². The normalized spacial score (nSPS) is 21.2. The average Bonchev–Trinajstić information content (AvgIpc) is 2.77. The van der Waals surface area contributed by atoms with E-state index in [0.717, 1.165) is 19.4 Å². The first-order chi connectivity index (χ1) is 7.84. The van der Waals surface area contributed by atoms with Crippen molar-refractivity contribution in [2.45, 2.75) is 31.1 Å². The molecule has 2 unspecified atom stereocenters. The fourth-order valence-electron chi connectivity index (χ4n) is 1.77. The van der Waals surface area contributed by atoms with E-state index in [-0.39, 0.29) is 18.4 Å². The van der Waals surface area contributed by atoms with Crippen LogP contribution in [0.4, 0.5) is 0 Å². The van der Waals surface area contributed by atoms with Gasteiger partial charge in [0.25, 0.3) is 0 Å². The third-order valence-corrected chi connectivity index (χ3v) is 4.65. The number of sulfonamides is 1. The maximum Gasteiger partial charge on any atom is 0.241 e. The second-order valence-electron chi connectivity index (χ2n) is 4.56. The van der Waals surface area contributed by atoms with Crippen LogP contribution in [0, 0.1) is 0 Å². The second kappa shape index (κ2) is 7.28. The molecule has 2 N–H and O–H groups in total. The van der Waals surface area contributed by atoms with Gasteiger partial charge in [0.1, 0.15) is 0 Å². The number of nitrogens with zero attached hydrogens (tertiary/aromatic N) is 1. The number of hydrogen-bond acceptors (Lipinski definition) is 4. The number of halogens is 1. The van der Waals surface area contributed by atoms with Crippen molar-refractivity contribution in [1.29, 1.82) is 0 Å². The second-order valence-corrected chi connectivity index (χ2v) is 6.65. The van der Waals surface area contributed by atoms with Crippen molar-refractivity contribution in [1.82, 2.24) is 14.9 Å². The monoisotopic (exact) mass is 299 g/mol. The van der Waals surface area contributed by atoms with E-state index in [1.165, 1.54) is 11.8 Å². The summed E-state index contributed by atoms with van der Waals surface area (Å²) in [7, 11) is -0.476. The fourth-order valence-corrected chi connectivity index (χ4v) is 2.93. The van der Waals surface area contributed by atoms with Crippen LogP contribution in [0.1, 0.15) is 19.8 Å². The van der Waals surface area contributed by atoms with E-state index < -0.39 is 21.2 Å². The minimum atomic E-state index is -3.57. The highest BCUT2D eigenvalue weighted by molar-refractivity contribution is 7.90. The molecule has 0 bridgehead atoms. The summed E-state index contributed by atoms with van der Waals surface area (Å²) in [6, 6.07) is 0.187. The Labute approximate surface area is 115 Å². The van der Waals surface area contributed by atoms with Gasteiger partial charge in [0.2, 0.25) is 15.9 Å². The first-order valence-corrected chi connectivity index (χ1v) is 7.32. The Hall–Kier alpha value is -0.370. The van der Waals surface area contributed by atoms with Crippen LogP contribution in [0.25, 0.3) is 0 Å². The molecule has 2 atom stereocenters. The van der Waals surface area contributed by atoms with E-state index >= 15 is 0 Å². The molecule has 1 heterocycles. The zero-order valence-corrected chi connectivity index (χ0v) is 12.6. The number of carbonyl (C=O) groups is 1. The zero-order chi connectivity index (χ0) is 13.1. The lowest BCUT2D eigenvalue weighted by Crippen LogP contribution is -2.46. The van der Waals surface area contributed by atoms with Crippen LogP contribution in [0.3, 0.4) is 0 Å². The van der Waals surface area contributed by atoms with Crippen LogP contribution in [0.15, 0.2) is 0 Å². The smallest absolute Gasteiger partial charge is 0.241 e. The molecule has 108 valence electrons. The summed E-state index contributed by atoms with van der Waals surface area (Å²) in [6.45, 7) is 2.69. The number of hydrogen-bond donors (Lipinski definition) is 2. The third kappa shape index (κ3) is 4.72. The van der Waals surface area contributed by atoms with Gasteiger partial charge in [0.05, 0.1) is 0 Å². The molecule has 1 saturated heterocycles. The van der Waals surface area contributed by atoms with Crippen LogP contribution >= 0.6 is 12.4 Å². The molecule has 0 saturated carbocycles. The van der Waals surface area contributed by atoms with Crippen LogP contribution < -0.4 is 10.0 Å². The lowest BCUT2D eigenvalue weighted by atomic mass is 10.2. The van der Waals surface area contributed by atoms with Gasteiger partial charge in [-0.25, -0.2) is 13.1 Å². The topological polar surface area (TPSA) is 78.5 Å². The molecule has 18 heavy (non-hydrogen) atoms. The summed E-state index contributed by atoms with van der Waals surface area (Å²) < 4.78 is 26.2. The molecule has 1 aliphatic heterocycles. The Kier molecular flexibility index (Phi) is 7.13. The van der Waals surface area contributed by atoms with E-state index in [0.29, 0.717) is 6.54 Å². The summed E-state index contributed by atoms with van der Waals surface area (Å²) in [4.78, 5) is 12.9. The van der Waals surface area contributed by atoms with Crippen LogP contribution in [0.2, 0.25) is 0 Å². The standard InChI is InChI=1S/C10H21N3O3S.ClH/c1-8(10(14)13(2)3)17(15,16)12-7-9-5-4-6-11-9;/h8-9,11-12H,4-7H2,1-3H3;1H. The maximum absolute atomic E-state index is 11.8. The van der Waals surface area contributed by atoms with E-state index in [2.05, 4.69) is 10.0 Å². The molecule has 0 spiro atoms. The number of amides is 1. The Bertz CT molecular complexity index is 367. The first kappa shape index (κ1) is 17.6. The molecule has 8 heteroatoms. The first-order valence-electron chi connectivity index (χ1n) is 5.77. The maximum atomic E-state index is 11.8. The number of carbonyl (C=O) groups excluding carboxylic acids is 1. The van der Waals surface area contributed by atoms with E-state index in [4.69, 9.17) is 0 Å². The summed E-state index contributed by atoms with van der Waals surface area (Å²) in [5.41, 5.74) is 0. The molecule has 0 aliphatic carbocycles. The molecule has 6 nitrogen and oxygen atoms in total. The Morgan fingerprint density at radius 3 is 2.56 bits per heavy atom. The molecule has 0 radical (unpaired) electrons. The van der Waals surface area contributed by atoms with Crippen molar-refractivity contribution >= 4 is 28.3 Å².